The van der Waals surface area contributed by atoms with E-state index in [1.54, 1.807) is 22.7 Å². The predicted octanol–water partition coefficient (Wildman–Crippen LogP) is 4.60. The zero-order chi connectivity index (χ0) is 18.5. The minimum Gasteiger partial charge on any atom is -0.336 e. The van der Waals surface area contributed by atoms with Gasteiger partial charge in [-0.2, -0.15) is 11.3 Å². The van der Waals surface area contributed by atoms with Gasteiger partial charge >= 0.3 is 6.03 Å². The molecule has 1 atom stereocenters. The van der Waals surface area contributed by atoms with Crippen molar-refractivity contribution in [1.82, 2.24) is 15.2 Å². The number of hydrogen-bond acceptors (Lipinski definition) is 5. The Hall–Kier alpha value is -2.22. The topological polar surface area (TPSA) is 57.3 Å². The van der Waals surface area contributed by atoms with Gasteiger partial charge in [-0.15, -0.1) is 11.3 Å². The highest BCUT2D eigenvalue weighted by atomic mass is 32.1. The van der Waals surface area contributed by atoms with Crippen LogP contribution in [0.25, 0.3) is 11.3 Å². The Labute approximate surface area is 161 Å². The first kappa shape index (κ1) is 18.6. The van der Waals surface area contributed by atoms with Crippen LogP contribution in [0, 0.1) is 6.92 Å². The van der Waals surface area contributed by atoms with Crippen molar-refractivity contribution in [2.45, 2.75) is 13.0 Å². The monoisotopic (exact) mass is 386 g/mol. The lowest BCUT2D eigenvalue weighted by atomic mass is 10.1. The molecular formula is C19H22N4OS2. The number of nitrogens with zero attached hydrogens (tertiary/aromatic N) is 2. The second-order valence-electron chi connectivity index (χ2n) is 6.20. The lowest BCUT2D eigenvalue weighted by molar-refractivity contribution is 0.243. The largest absolute Gasteiger partial charge is 0.336 e. The van der Waals surface area contributed by atoms with Gasteiger partial charge in [0.1, 0.15) is 0 Å². The number of carbonyl (C=O) groups is 1. The smallest absolute Gasteiger partial charge is 0.319 e. The molecule has 0 spiro atoms. The van der Waals surface area contributed by atoms with E-state index in [0.29, 0.717) is 6.54 Å². The molecule has 3 aromatic rings. The number of amides is 2. The highest BCUT2D eigenvalue weighted by Gasteiger charge is 2.15. The fraction of sp³-hybridized carbons (Fsp3) is 0.263. The van der Waals surface area contributed by atoms with Gasteiger partial charge in [-0.3, -0.25) is 0 Å². The van der Waals surface area contributed by atoms with Crippen LogP contribution < -0.4 is 10.6 Å². The van der Waals surface area contributed by atoms with E-state index < -0.39 is 0 Å². The SMILES string of the molecule is Cc1nc(-c2ccc(NC(=O)NCC(c3ccsc3)N(C)C)cc2)cs1. The molecule has 0 fully saturated rings. The molecule has 0 radical (unpaired) electrons. The highest BCUT2D eigenvalue weighted by molar-refractivity contribution is 7.09. The molecular weight excluding hydrogens is 364 g/mol. The van der Waals surface area contributed by atoms with Crippen molar-refractivity contribution >= 4 is 34.4 Å². The highest BCUT2D eigenvalue weighted by Crippen LogP contribution is 2.23. The van der Waals surface area contributed by atoms with Crippen molar-refractivity contribution in [1.29, 1.82) is 0 Å². The van der Waals surface area contributed by atoms with Gasteiger partial charge in [-0.25, -0.2) is 9.78 Å². The number of thiophene rings is 1. The lowest BCUT2D eigenvalue weighted by Crippen LogP contribution is -2.36. The molecule has 2 amide bonds. The molecule has 5 nitrogen and oxygen atoms in total. The van der Waals surface area contributed by atoms with Crippen molar-refractivity contribution in [2.75, 3.05) is 26.0 Å². The molecule has 136 valence electrons. The summed E-state index contributed by atoms with van der Waals surface area (Å²) in [5, 5.41) is 13.1. The number of aromatic nitrogens is 1. The number of hydrogen-bond donors (Lipinski definition) is 2. The van der Waals surface area contributed by atoms with E-state index in [1.165, 1.54) is 5.56 Å². The predicted molar refractivity (Wildman–Crippen MR) is 110 cm³/mol. The second kappa shape index (κ2) is 8.44. The van der Waals surface area contributed by atoms with Crippen LogP contribution in [-0.2, 0) is 0 Å². The third-order valence-corrected chi connectivity index (χ3v) is 5.54. The van der Waals surface area contributed by atoms with Crippen LogP contribution in [0.3, 0.4) is 0 Å². The molecule has 0 aliphatic heterocycles. The number of aryl methyl sites for hydroxylation is 1. The molecule has 0 saturated heterocycles. The van der Waals surface area contributed by atoms with Gasteiger partial charge < -0.3 is 15.5 Å². The van der Waals surface area contributed by atoms with E-state index >= 15 is 0 Å². The van der Waals surface area contributed by atoms with E-state index in [4.69, 9.17) is 0 Å². The normalized spacial score (nSPS) is 12.2. The summed E-state index contributed by atoms with van der Waals surface area (Å²) in [5.74, 6) is 0. The van der Waals surface area contributed by atoms with E-state index in [9.17, 15) is 4.79 Å². The third kappa shape index (κ3) is 4.69. The minimum atomic E-state index is -0.204. The van der Waals surface area contributed by atoms with Crippen molar-refractivity contribution in [3.63, 3.8) is 0 Å². The zero-order valence-electron chi connectivity index (χ0n) is 15.0. The fourth-order valence-corrected chi connectivity index (χ4v) is 3.98. The van der Waals surface area contributed by atoms with Crippen molar-refractivity contribution in [3.05, 3.63) is 57.0 Å². The molecule has 1 unspecified atom stereocenters. The second-order valence-corrected chi connectivity index (χ2v) is 8.04. The number of thiazole rings is 1. The first-order valence-corrected chi connectivity index (χ1v) is 10.1. The number of anilines is 1. The van der Waals surface area contributed by atoms with Crippen LogP contribution in [0.1, 0.15) is 16.6 Å². The molecule has 2 heterocycles. The molecule has 0 bridgehead atoms. The zero-order valence-corrected chi connectivity index (χ0v) is 16.7. The van der Waals surface area contributed by atoms with E-state index in [2.05, 4.69) is 37.3 Å². The van der Waals surface area contributed by atoms with Crippen molar-refractivity contribution in [2.24, 2.45) is 0 Å². The molecule has 3 rings (SSSR count). The summed E-state index contributed by atoms with van der Waals surface area (Å²) in [7, 11) is 4.03. The summed E-state index contributed by atoms with van der Waals surface area (Å²) < 4.78 is 0. The minimum absolute atomic E-state index is 0.155. The quantitative estimate of drug-likeness (QED) is 0.651. The summed E-state index contributed by atoms with van der Waals surface area (Å²) in [6.07, 6.45) is 0. The summed E-state index contributed by atoms with van der Waals surface area (Å²) in [6.45, 7) is 2.54. The third-order valence-electron chi connectivity index (χ3n) is 4.06. The average Bonchev–Trinajstić information content (AvgIpc) is 3.27. The summed E-state index contributed by atoms with van der Waals surface area (Å²) >= 11 is 3.29. The van der Waals surface area contributed by atoms with Gasteiger partial charge in [-0.05, 0) is 55.5 Å². The molecule has 1 aromatic carbocycles. The summed E-state index contributed by atoms with van der Waals surface area (Å²) in [5.41, 5.74) is 3.98. The first-order chi connectivity index (χ1) is 12.5. The Kier molecular flexibility index (Phi) is 6.03. The Morgan fingerprint density at radius 3 is 2.54 bits per heavy atom. The lowest BCUT2D eigenvalue weighted by Gasteiger charge is -2.24. The Bertz CT molecular complexity index is 841. The number of nitrogens with one attached hydrogen (secondary N) is 2. The molecule has 0 aliphatic carbocycles. The molecule has 7 heteroatoms. The number of rotatable bonds is 6. The average molecular weight is 387 g/mol. The maximum absolute atomic E-state index is 12.2. The van der Waals surface area contributed by atoms with E-state index in [-0.39, 0.29) is 12.1 Å². The maximum Gasteiger partial charge on any atom is 0.319 e. The van der Waals surface area contributed by atoms with Gasteiger partial charge in [0.25, 0.3) is 0 Å². The van der Waals surface area contributed by atoms with Gasteiger partial charge in [0, 0.05) is 23.2 Å². The van der Waals surface area contributed by atoms with Crippen LogP contribution in [0.5, 0.6) is 0 Å². The molecule has 26 heavy (non-hydrogen) atoms. The molecule has 0 saturated carbocycles. The van der Waals surface area contributed by atoms with Gasteiger partial charge in [0.05, 0.1) is 16.7 Å². The van der Waals surface area contributed by atoms with Crippen molar-refractivity contribution in [3.8, 4) is 11.3 Å². The van der Waals surface area contributed by atoms with Crippen LogP contribution >= 0.6 is 22.7 Å². The van der Waals surface area contributed by atoms with Crippen LogP contribution in [0.4, 0.5) is 10.5 Å². The maximum atomic E-state index is 12.2. The van der Waals surface area contributed by atoms with Crippen LogP contribution in [0.15, 0.2) is 46.5 Å². The Morgan fingerprint density at radius 1 is 1.19 bits per heavy atom. The van der Waals surface area contributed by atoms with Crippen molar-refractivity contribution < 1.29 is 4.79 Å². The summed E-state index contributed by atoms with van der Waals surface area (Å²) in [6, 6.07) is 9.77. The number of urea groups is 1. The number of benzene rings is 1. The first-order valence-electron chi connectivity index (χ1n) is 8.29. The van der Waals surface area contributed by atoms with Gasteiger partial charge in [0.2, 0.25) is 0 Å². The Morgan fingerprint density at radius 2 is 1.96 bits per heavy atom. The van der Waals surface area contributed by atoms with E-state index in [1.807, 2.05) is 50.7 Å². The Balaban J connectivity index is 1.56. The standard InChI is InChI=1S/C19H22N4OS2/c1-13-21-17(12-26-13)14-4-6-16(7-5-14)22-19(24)20-10-18(23(2)3)15-8-9-25-11-15/h4-9,11-12,18H,10H2,1-3H3,(H2,20,22,24). The van der Waals surface area contributed by atoms with Gasteiger partial charge in [-0.1, -0.05) is 12.1 Å². The number of likely N-dealkylation sites (N-methyl/N-ethyl adjacent to an activating group) is 1. The van der Waals surface area contributed by atoms with Gasteiger partial charge in [0.15, 0.2) is 0 Å². The van der Waals surface area contributed by atoms with Crippen LogP contribution in [0.2, 0.25) is 0 Å². The number of carbonyl (C=O) groups excluding carboxylic acids is 1. The molecule has 0 aliphatic rings. The fourth-order valence-electron chi connectivity index (χ4n) is 2.65. The molecule has 2 N–H and O–H groups in total. The van der Waals surface area contributed by atoms with Crippen LogP contribution in [-0.4, -0.2) is 36.6 Å². The summed E-state index contributed by atoms with van der Waals surface area (Å²) in [4.78, 5) is 18.8. The van der Waals surface area contributed by atoms with E-state index in [0.717, 1.165) is 22.0 Å². The molecule has 2 aromatic heterocycles.